The molecule has 2 heterocycles. The summed E-state index contributed by atoms with van der Waals surface area (Å²) >= 11 is 1.65. The van der Waals surface area contributed by atoms with Crippen molar-refractivity contribution in [3.05, 3.63) is 46.5 Å². The lowest BCUT2D eigenvalue weighted by Crippen LogP contribution is -2.03. The summed E-state index contributed by atoms with van der Waals surface area (Å²) in [5.41, 5.74) is 9.79. The fourth-order valence-corrected chi connectivity index (χ4v) is 2.70. The summed E-state index contributed by atoms with van der Waals surface area (Å²) in [6, 6.07) is 7.81. The second kappa shape index (κ2) is 4.85. The van der Waals surface area contributed by atoms with Crippen molar-refractivity contribution in [2.75, 3.05) is 11.1 Å². The highest BCUT2D eigenvalue weighted by atomic mass is 32.1. The highest BCUT2D eigenvalue weighted by Crippen LogP contribution is 2.27. The molecule has 0 fully saturated rings. The minimum absolute atomic E-state index is 0.689. The van der Waals surface area contributed by atoms with E-state index >= 15 is 0 Å². The molecule has 4 nitrogen and oxygen atoms in total. The third-order valence-electron chi connectivity index (χ3n) is 2.92. The van der Waals surface area contributed by atoms with Crippen LogP contribution in [-0.4, -0.2) is 9.97 Å². The van der Waals surface area contributed by atoms with E-state index in [1.807, 2.05) is 36.6 Å². The summed E-state index contributed by atoms with van der Waals surface area (Å²) in [6.45, 7) is 2.69. The Kier molecular flexibility index (Phi) is 3.05. The van der Waals surface area contributed by atoms with Crippen molar-refractivity contribution in [3.8, 4) is 0 Å². The van der Waals surface area contributed by atoms with E-state index < -0.39 is 0 Å². The largest absolute Gasteiger partial charge is 0.397 e. The van der Waals surface area contributed by atoms with Crippen LogP contribution in [0.15, 0.2) is 35.8 Å². The number of anilines is 2. The Hall–Kier alpha value is -2.14. The number of benzene rings is 1. The number of nitrogens with zero attached hydrogens (tertiary/aromatic N) is 2. The summed E-state index contributed by atoms with van der Waals surface area (Å²) in [5, 5.41) is 7.41. The third kappa shape index (κ3) is 2.37. The number of hydrogen-bond donors (Lipinski definition) is 2. The van der Waals surface area contributed by atoms with Crippen molar-refractivity contribution in [1.29, 1.82) is 0 Å². The maximum Gasteiger partial charge on any atom is 0.112 e. The maximum absolute atomic E-state index is 6.17. The Bertz CT molecular complexity index is 720. The zero-order valence-electron chi connectivity index (χ0n) is 10.6. The Balaban J connectivity index is 1.87. The van der Waals surface area contributed by atoms with Crippen LogP contribution in [0.25, 0.3) is 10.9 Å². The van der Waals surface area contributed by atoms with Gasteiger partial charge in [0, 0.05) is 22.7 Å². The van der Waals surface area contributed by atoms with Crippen molar-refractivity contribution in [2.24, 2.45) is 0 Å². The first-order chi connectivity index (χ1) is 9.24. The number of pyridine rings is 1. The van der Waals surface area contributed by atoms with Crippen LogP contribution in [0.2, 0.25) is 0 Å². The molecule has 0 bridgehead atoms. The van der Waals surface area contributed by atoms with Gasteiger partial charge in [-0.15, -0.1) is 11.3 Å². The number of hydrogen-bond acceptors (Lipinski definition) is 5. The quantitative estimate of drug-likeness (QED) is 0.717. The minimum atomic E-state index is 0.689. The lowest BCUT2D eigenvalue weighted by atomic mass is 10.1. The Labute approximate surface area is 115 Å². The predicted molar refractivity (Wildman–Crippen MR) is 80.3 cm³/mol. The molecule has 3 aromatic rings. The van der Waals surface area contributed by atoms with Gasteiger partial charge in [-0.05, 0) is 31.2 Å². The predicted octanol–water partition coefficient (Wildman–Crippen LogP) is 3.19. The van der Waals surface area contributed by atoms with Crippen LogP contribution in [0.3, 0.4) is 0 Å². The Morgan fingerprint density at radius 3 is 3.00 bits per heavy atom. The maximum atomic E-state index is 6.17. The molecule has 3 rings (SSSR count). The average molecular weight is 270 g/mol. The SMILES string of the molecule is Cc1csc(CNc2ccc3ncccc3c2N)n1. The van der Waals surface area contributed by atoms with E-state index in [2.05, 4.69) is 15.3 Å². The van der Waals surface area contributed by atoms with Crippen LogP contribution in [0.5, 0.6) is 0 Å². The van der Waals surface area contributed by atoms with Gasteiger partial charge in [-0.2, -0.15) is 0 Å². The van der Waals surface area contributed by atoms with Crippen LogP contribution in [0, 0.1) is 6.92 Å². The topological polar surface area (TPSA) is 63.8 Å². The van der Waals surface area contributed by atoms with Gasteiger partial charge < -0.3 is 11.1 Å². The number of fused-ring (bicyclic) bond motifs is 1. The van der Waals surface area contributed by atoms with Crippen LogP contribution < -0.4 is 11.1 Å². The molecule has 0 spiro atoms. The average Bonchev–Trinajstić information content (AvgIpc) is 2.84. The highest BCUT2D eigenvalue weighted by Gasteiger charge is 2.05. The molecule has 0 aliphatic carbocycles. The van der Waals surface area contributed by atoms with Crippen LogP contribution in [0.4, 0.5) is 11.4 Å². The van der Waals surface area contributed by atoms with Crippen LogP contribution in [-0.2, 0) is 6.54 Å². The zero-order chi connectivity index (χ0) is 13.2. The number of nitrogen functional groups attached to an aromatic ring is 1. The zero-order valence-corrected chi connectivity index (χ0v) is 11.4. The van der Waals surface area contributed by atoms with E-state index in [-0.39, 0.29) is 0 Å². The number of aryl methyl sites for hydroxylation is 1. The molecule has 0 unspecified atom stereocenters. The van der Waals surface area contributed by atoms with Gasteiger partial charge in [0.05, 0.1) is 23.4 Å². The fourth-order valence-electron chi connectivity index (χ4n) is 1.98. The second-order valence-electron chi connectivity index (χ2n) is 4.33. The standard InChI is InChI=1S/C14H14N4S/c1-9-8-19-13(18-9)7-17-12-5-4-11-10(14(12)15)3-2-6-16-11/h2-6,8,17H,7,15H2,1H3. The summed E-state index contributed by atoms with van der Waals surface area (Å²) < 4.78 is 0. The number of aromatic nitrogens is 2. The molecule has 5 heteroatoms. The molecule has 0 saturated heterocycles. The van der Waals surface area contributed by atoms with Gasteiger partial charge in [0.15, 0.2) is 0 Å². The van der Waals surface area contributed by atoms with Crippen LogP contribution >= 0.6 is 11.3 Å². The number of nitrogens with two attached hydrogens (primary N) is 1. The molecule has 0 aliphatic heterocycles. The van der Waals surface area contributed by atoms with Gasteiger partial charge in [0.25, 0.3) is 0 Å². The first-order valence-corrected chi connectivity index (χ1v) is 6.90. The normalized spacial score (nSPS) is 10.8. The van der Waals surface area contributed by atoms with Gasteiger partial charge in [0.2, 0.25) is 0 Å². The first-order valence-electron chi connectivity index (χ1n) is 6.02. The lowest BCUT2D eigenvalue weighted by Gasteiger charge is -2.10. The van der Waals surface area contributed by atoms with Gasteiger partial charge in [-0.25, -0.2) is 4.98 Å². The molecule has 3 N–H and O–H groups in total. The Morgan fingerprint density at radius 1 is 1.32 bits per heavy atom. The van der Waals surface area contributed by atoms with Gasteiger partial charge in [-0.3, -0.25) is 4.98 Å². The van der Waals surface area contributed by atoms with Crippen molar-refractivity contribution in [3.63, 3.8) is 0 Å². The number of nitrogens with one attached hydrogen (secondary N) is 1. The lowest BCUT2D eigenvalue weighted by molar-refractivity contribution is 1.08. The molecule has 1 aromatic carbocycles. The molecule has 96 valence electrons. The van der Waals surface area contributed by atoms with E-state index in [0.717, 1.165) is 33.0 Å². The van der Waals surface area contributed by atoms with E-state index in [1.54, 1.807) is 17.5 Å². The molecule has 0 radical (unpaired) electrons. The molecule has 19 heavy (non-hydrogen) atoms. The van der Waals surface area contributed by atoms with E-state index in [9.17, 15) is 0 Å². The summed E-state index contributed by atoms with van der Waals surface area (Å²) in [4.78, 5) is 8.71. The van der Waals surface area contributed by atoms with Crippen molar-refractivity contribution in [2.45, 2.75) is 13.5 Å². The number of rotatable bonds is 3. The third-order valence-corrected chi connectivity index (χ3v) is 3.89. The molecular weight excluding hydrogens is 256 g/mol. The van der Waals surface area contributed by atoms with E-state index in [4.69, 9.17) is 5.73 Å². The van der Waals surface area contributed by atoms with Gasteiger partial charge in [0.1, 0.15) is 5.01 Å². The first kappa shape index (κ1) is 11.9. The molecule has 0 amide bonds. The minimum Gasteiger partial charge on any atom is -0.397 e. The second-order valence-corrected chi connectivity index (χ2v) is 5.28. The monoisotopic (exact) mass is 270 g/mol. The summed E-state index contributed by atoms with van der Waals surface area (Å²) in [5.74, 6) is 0. The fraction of sp³-hybridized carbons (Fsp3) is 0.143. The molecule has 0 saturated carbocycles. The van der Waals surface area contributed by atoms with Gasteiger partial charge >= 0.3 is 0 Å². The summed E-state index contributed by atoms with van der Waals surface area (Å²) in [6.07, 6.45) is 1.77. The Morgan fingerprint density at radius 2 is 2.21 bits per heavy atom. The molecule has 0 atom stereocenters. The van der Waals surface area contributed by atoms with Crippen molar-refractivity contribution < 1.29 is 0 Å². The van der Waals surface area contributed by atoms with Crippen LogP contribution in [0.1, 0.15) is 10.7 Å². The van der Waals surface area contributed by atoms with E-state index in [1.165, 1.54) is 0 Å². The van der Waals surface area contributed by atoms with Crippen molar-refractivity contribution in [1.82, 2.24) is 9.97 Å². The molecule has 2 aromatic heterocycles. The smallest absolute Gasteiger partial charge is 0.112 e. The van der Waals surface area contributed by atoms with E-state index in [0.29, 0.717) is 6.54 Å². The van der Waals surface area contributed by atoms with Gasteiger partial charge in [-0.1, -0.05) is 0 Å². The highest BCUT2D eigenvalue weighted by molar-refractivity contribution is 7.09. The molecule has 0 aliphatic rings. The van der Waals surface area contributed by atoms with Crippen molar-refractivity contribution >= 4 is 33.6 Å². The summed E-state index contributed by atoms with van der Waals surface area (Å²) in [7, 11) is 0. The molecular formula is C14H14N4S. The number of thiazole rings is 1.